The highest BCUT2D eigenvalue weighted by Gasteiger charge is 2.23. The normalized spacial score (nSPS) is 25.7. The average Bonchev–Trinajstić information content (AvgIpc) is 2.67. The van der Waals surface area contributed by atoms with E-state index in [9.17, 15) is 0 Å². The van der Waals surface area contributed by atoms with Crippen LogP contribution in [-0.2, 0) is 5.75 Å². The minimum atomic E-state index is 0.404. The van der Waals surface area contributed by atoms with E-state index in [2.05, 4.69) is 30.5 Å². The third-order valence-electron chi connectivity index (χ3n) is 3.13. The van der Waals surface area contributed by atoms with Crippen LogP contribution in [0.3, 0.4) is 0 Å². The third kappa shape index (κ3) is 2.92. The lowest BCUT2D eigenvalue weighted by atomic mass is 9.97. The van der Waals surface area contributed by atoms with Crippen LogP contribution < -0.4 is 0 Å². The lowest BCUT2D eigenvalue weighted by molar-refractivity contribution is 0.724. The molecule has 1 aromatic carbocycles. The Bertz CT molecular complexity index is 307. The largest absolute Gasteiger partial charge is 0.161 e. The predicted octanol–water partition coefficient (Wildman–Crippen LogP) is 4.42. The smallest absolute Gasteiger partial charge is 0.0342 e. The van der Waals surface area contributed by atoms with Crippen LogP contribution in [-0.4, -0.2) is 11.6 Å². The summed E-state index contributed by atoms with van der Waals surface area (Å²) in [5.41, 5.74) is 2.90. The van der Waals surface area contributed by atoms with Gasteiger partial charge in [-0.1, -0.05) is 24.3 Å². The number of rotatable bonds is 3. The molecule has 1 aliphatic carbocycles. The molecule has 0 amide bonds. The molecule has 0 aromatic heterocycles. The van der Waals surface area contributed by atoms with Gasteiger partial charge in [-0.2, -0.15) is 11.8 Å². The second kappa shape index (κ2) is 5.27. The Morgan fingerprint density at radius 2 is 2.00 bits per heavy atom. The molecular formula is C13H17ClS. The minimum Gasteiger partial charge on any atom is -0.161 e. The van der Waals surface area contributed by atoms with E-state index in [0.29, 0.717) is 11.3 Å². The zero-order valence-corrected chi connectivity index (χ0v) is 10.7. The first-order chi connectivity index (χ1) is 7.29. The molecule has 0 heterocycles. The molecule has 0 radical (unpaired) electrons. The van der Waals surface area contributed by atoms with Gasteiger partial charge in [0.05, 0.1) is 0 Å². The SMILES string of the molecule is CSCc1ccc(C2CCC(Cl)C2)cc1. The van der Waals surface area contributed by atoms with Crippen LogP contribution in [0.4, 0.5) is 0 Å². The van der Waals surface area contributed by atoms with Crippen LogP contribution >= 0.6 is 23.4 Å². The number of hydrogen-bond donors (Lipinski definition) is 0. The summed E-state index contributed by atoms with van der Waals surface area (Å²) in [6.45, 7) is 0. The number of thioether (sulfide) groups is 1. The summed E-state index contributed by atoms with van der Waals surface area (Å²) in [4.78, 5) is 0. The van der Waals surface area contributed by atoms with Crippen LogP contribution in [0.5, 0.6) is 0 Å². The van der Waals surface area contributed by atoms with Gasteiger partial charge < -0.3 is 0 Å². The Morgan fingerprint density at radius 3 is 2.53 bits per heavy atom. The molecule has 2 unspecified atom stereocenters. The molecule has 1 aromatic rings. The Balaban J connectivity index is 2.03. The van der Waals surface area contributed by atoms with E-state index in [4.69, 9.17) is 11.6 Å². The van der Waals surface area contributed by atoms with Crippen LogP contribution in [0.1, 0.15) is 36.3 Å². The van der Waals surface area contributed by atoms with Gasteiger partial charge in [0.25, 0.3) is 0 Å². The van der Waals surface area contributed by atoms with E-state index in [0.717, 1.165) is 12.2 Å². The molecular weight excluding hydrogens is 224 g/mol. The van der Waals surface area contributed by atoms with Crippen molar-refractivity contribution in [3.63, 3.8) is 0 Å². The van der Waals surface area contributed by atoms with Gasteiger partial charge in [-0.3, -0.25) is 0 Å². The van der Waals surface area contributed by atoms with E-state index >= 15 is 0 Å². The molecule has 2 rings (SSSR count). The maximum atomic E-state index is 6.13. The Hall–Kier alpha value is -0.140. The Labute approximate surface area is 101 Å². The minimum absolute atomic E-state index is 0.404. The van der Waals surface area contributed by atoms with E-state index in [1.807, 2.05) is 11.8 Å². The van der Waals surface area contributed by atoms with Crippen LogP contribution in [0.2, 0.25) is 0 Å². The summed E-state index contributed by atoms with van der Waals surface area (Å²) in [5.74, 6) is 1.82. The van der Waals surface area contributed by atoms with Crippen molar-refractivity contribution in [3.8, 4) is 0 Å². The molecule has 1 saturated carbocycles. The Kier molecular flexibility index (Phi) is 3.99. The second-order valence-electron chi connectivity index (χ2n) is 4.28. The van der Waals surface area contributed by atoms with Crippen LogP contribution in [0, 0.1) is 0 Å². The van der Waals surface area contributed by atoms with Crippen molar-refractivity contribution in [3.05, 3.63) is 35.4 Å². The lowest BCUT2D eigenvalue weighted by Crippen LogP contribution is -1.94. The van der Waals surface area contributed by atoms with Crippen molar-refractivity contribution in [2.45, 2.75) is 36.3 Å². The van der Waals surface area contributed by atoms with Gasteiger partial charge in [-0.15, -0.1) is 11.6 Å². The summed E-state index contributed by atoms with van der Waals surface area (Å²) in [7, 11) is 0. The van der Waals surface area contributed by atoms with Gasteiger partial charge in [0.1, 0.15) is 0 Å². The van der Waals surface area contributed by atoms with Crippen molar-refractivity contribution in [1.82, 2.24) is 0 Å². The molecule has 0 aliphatic heterocycles. The van der Waals surface area contributed by atoms with Crippen molar-refractivity contribution in [1.29, 1.82) is 0 Å². The predicted molar refractivity (Wildman–Crippen MR) is 69.9 cm³/mol. The molecule has 1 aliphatic rings. The van der Waals surface area contributed by atoms with E-state index < -0.39 is 0 Å². The lowest BCUT2D eigenvalue weighted by Gasteiger charge is -2.10. The molecule has 0 spiro atoms. The van der Waals surface area contributed by atoms with E-state index in [1.165, 1.54) is 24.0 Å². The molecule has 0 nitrogen and oxygen atoms in total. The van der Waals surface area contributed by atoms with E-state index in [-0.39, 0.29) is 0 Å². The first kappa shape index (κ1) is 11.3. The van der Waals surface area contributed by atoms with Crippen molar-refractivity contribution < 1.29 is 0 Å². The molecule has 82 valence electrons. The second-order valence-corrected chi connectivity index (χ2v) is 5.77. The monoisotopic (exact) mass is 240 g/mol. The van der Waals surface area contributed by atoms with Gasteiger partial charge >= 0.3 is 0 Å². The maximum absolute atomic E-state index is 6.13. The molecule has 15 heavy (non-hydrogen) atoms. The average molecular weight is 241 g/mol. The van der Waals surface area contributed by atoms with Gasteiger partial charge in [0, 0.05) is 11.1 Å². The fraction of sp³-hybridized carbons (Fsp3) is 0.538. The molecule has 1 fully saturated rings. The van der Waals surface area contributed by atoms with Gasteiger partial charge in [0.2, 0.25) is 0 Å². The number of benzene rings is 1. The summed E-state index contributed by atoms with van der Waals surface area (Å²) >= 11 is 8.01. The van der Waals surface area contributed by atoms with Gasteiger partial charge in [-0.25, -0.2) is 0 Å². The fourth-order valence-corrected chi connectivity index (χ4v) is 3.15. The van der Waals surface area contributed by atoms with Crippen molar-refractivity contribution >= 4 is 23.4 Å². The Morgan fingerprint density at radius 1 is 1.27 bits per heavy atom. The third-order valence-corrected chi connectivity index (χ3v) is 4.15. The standard InChI is InChI=1S/C13H17ClS/c1-15-9-10-2-4-11(5-3-10)12-6-7-13(14)8-12/h2-5,12-13H,6-9H2,1H3. The maximum Gasteiger partial charge on any atom is 0.0342 e. The topological polar surface area (TPSA) is 0 Å². The first-order valence-electron chi connectivity index (χ1n) is 5.51. The summed E-state index contributed by atoms with van der Waals surface area (Å²) in [5, 5.41) is 0.404. The van der Waals surface area contributed by atoms with Crippen LogP contribution in [0.15, 0.2) is 24.3 Å². The summed E-state index contributed by atoms with van der Waals surface area (Å²) in [6, 6.07) is 9.08. The zero-order valence-electron chi connectivity index (χ0n) is 9.08. The zero-order chi connectivity index (χ0) is 10.7. The van der Waals surface area contributed by atoms with Crippen molar-refractivity contribution in [2.24, 2.45) is 0 Å². The molecule has 0 N–H and O–H groups in total. The molecule has 2 atom stereocenters. The first-order valence-corrected chi connectivity index (χ1v) is 7.34. The fourth-order valence-electron chi connectivity index (χ4n) is 2.28. The molecule has 0 bridgehead atoms. The highest BCUT2D eigenvalue weighted by molar-refractivity contribution is 7.97. The molecule has 2 heteroatoms. The number of alkyl halides is 1. The highest BCUT2D eigenvalue weighted by atomic mass is 35.5. The van der Waals surface area contributed by atoms with Gasteiger partial charge in [-0.05, 0) is 42.6 Å². The highest BCUT2D eigenvalue weighted by Crippen LogP contribution is 2.37. The van der Waals surface area contributed by atoms with Crippen molar-refractivity contribution in [2.75, 3.05) is 6.26 Å². The van der Waals surface area contributed by atoms with Gasteiger partial charge in [0.15, 0.2) is 0 Å². The summed E-state index contributed by atoms with van der Waals surface area (Å²) in [6.07, 6.45) is 5.74. The summed E-state index contributed by atoms with van der Waals surface area (Å²) < 4.78 is 0. The molecule has 0 saturated heterocycles. The van der Waals surface area contributed by atoms with Crippen LogP contribution in [0.25, 0.3) is 0 Å². The number of halogens is 1. The quantitative estimate of drug-likeness (QED) is 0.705. The van der Waals surface area contributed by atoms with E-state index in [1.54, 1.807) is 0 Å². The number of hydrogen-bond acceptors (Lipinski definition) is 1.